The number of nitrogens with two attached hydrogens (primary N) is 1. The average molecular weight is 282 g/mol. The molecule has 1 saturated heterocycles. The van der Waals surface area contributed by atoms with Gasteiger partial charge in [-0.2, -0.15) is 0 Å². The van der Waals surface area contributed by atoms with Crippen LogP contribution in [-0.4, -0.2) is 37.4 Å². The van der Waals surface area contributed by atoms with Crippen molar-refractivity contribution in [2.45, 2.75) is 50.8 Å². The fourth-order valence-electron chi connectivity index (χ4n) is 4.47. The molecule has 2 heterocycles. The summed E-state index contributed by atoms with van der Waals surface area (Å²) in [6.07, 6.45) is 7.91. The van der Waals surface area contributed by atoms with E-state index in [-0.39, 0.29) is 0 Å². The van der Waals surface area contributed by atoms with Crippen LogP contribution in [-0.2, 0) is 19.2 Å². The van der Waals surface area contributed by atoms with Gasteiger partial charge in [-0.05, 0) is 60.8 Å². The van der Waals surface area contributed by atoms with Gasteiger partial charge in [-0.25, -0.2) is 0 Å². The lowest BCUT2D eigenvalue weighted by atomic mass is 9.61. The number of benzene rings is 1. The first-order valence-corrected chi connectivity index (χ1v) is 8.77. The second-order valence-electron chi connectivity index (χ2n) is 7.60. The van der Waals surface area contributed by atoms with Crippen LogP contribution in [0.15, 0.2) is 12.1 Å². The van der Waals surface area contributed by atoms with Crippen molar-refractivity contribution in [2.75, 3.05) is 19.6 Å². The summed E-state index contributed by atoms with van der Waals surface area (Å²) < 4.78 is 0. The smallest absolute Gasteiger partial charge is 0.126 e. The van der Waals surface area contributed by atoms with E-state index in [0.717, 1.165) is 12.5 Å². The van der Waals surface area contributed by atoms with Crippen LogP contribution in [0.3, 0.4) is 0 Å². The highest BCUT2D eigenvalue weighted by molar-refractivity contribution is 6.35. The monoisotopic (exact) mass is 282 g/mol. The van der Waals surface area contributed by atoms with Crippen molar-refractivity contribution in [3.8, 4) is 0 Å². The first-order chi connectivity index (χ1) is 10.2. The molecule has 2 fully saturated rings. The van der Waals surface area contributed by atoms with E-state index >= 15 is 0 Å². The van der Waals surface area contributed by atoms with Crippen molar-refractivity contribution in [3.63, 3.8) is 0 Å². The Morgan fingerprint density at radius 2 is 2.14 bits per heavy atom. The molecule has 0 unspecified atom stereocenters. The van der Waals surface area contributed by atoms with Gasteiger partial charge in [-0.15, -0.1) is 0 Å². The third kappa shape index (κ3) is 2.35. The van der Waals surface area contributed by atoms with E-state index in [2.05, 4.69) is 24.0 Å². The van der Waals surface area contributed by atoms with Crippen LogP contribution in [0.5, 0.6) is 0 Å². The maximum Gasteiger partial charge on any atom is 0.126 e. The number of hydrogen-bond donors (Lipinski definition) is 1. The van der Waals surface area contributed by atoms with Gasteiger partial charge in [0.15, 0.2) is 0 Å². The third-order valence-corrected chi connectivity index (χ3v) is 6.27. The fraction of sp³-hybridized carbons (Fsp3) is 0.667. The zero-order chi connectivity index (χ0) is 14.4. The first kappa shape index (κ1) is 13.8. The molecule has 3 heteroatoms. The van der Waals surface area contributed by atoms with Crippen LogP contribution in [0, 0.1) is 12.8 Å². The van der Waals surface area contributed by atoms with Crippen LogP contribution in [0.1, 0.15) is 35.1 Å². The zero-order valence-electron chi connectivity index (χ0n) is 13.3. The highest BCUT2D eigenvalue weighted by Gasteiger charge is 2.50. The van der Waals surface area contributed by atoms with E-state index in [4.69, 9.17) is 5.73 Å². The lowest BCUT2D eigenvalue weighted by molar-refractivity contribution is 0.0429. The Balaban J connectivity index is 1.42. The molecule has 1 saturated carbocycles. The summed E-state index contributed by atoms with van der Waals surface area (Å²) in [7, 11) is 1.38. The molecule has 112 valence electrons. The average Bonchev–Trinajstić information content (AvgIpc) is 3.25. The highest BCUT2D eigenvalue weighted by Crippen LogP contribution is 2.45. The fourth-order valence-corrected chi connectivity index (χ4v) is 4.47. The molecule has 1 aromatic rings. The molecular formula is C18H27BN2. The molecule has 1 aliphatic carbocycles. The van der Waals surface area contributed by atoms with Crippen molar-refractivity contribution in [3.05, 3.63) is 34.4 Å². The Bertz CT molecular complexity index is 544. The molecule has 2 N–H and O–H groups in total. The normalized spacial score (nSPS) is 24.1. The zero-order valence-corrected chi connectivity index (χ0v) is 13.3. The van der Waals surface area contributed by atoms with Crippen molar-refractivity contribution in [1.82, 2.24) is 4.90 Å². The minimum Gasteiger partial charge on any atom is -0.329 e. The van der Waals surface area contributed by atoms with Gasteiger partial charge < -0.3 is 5.73 Å². The van der Waals surface area contributed by atoms with Gasteiger partial charge in [0.05, 0.1) is 0 Å². The van der Waals surface area contributed by atoms with Crippen molar-refractivity contribution < 1.29 is 0 Å². The number of nitrogens with zero attached hydrogens (tertiary/aromatic N) is 1. The topological polar surface area (TPSA) is 29.3 Å². The molecule has 2 nitrogen and oxygen atoms in total. The second-order valence-corrected chi connectivity index (χ2v) is 7.60. The summed E-state index contributed by atoms with van der Waals surface area (Å²) in [4.78, 5) is 2.64. The lowest BCUT2D eigenvalue weighted by Crippen LogP contribution is -2.56. The van der Waals surface area contributed by atoms with E-state index < -0.39 is 0 Å². The quantitative estimate of drug-likeness (QED) is 0.854. The SMILES string of the molecule is Cc1c(CC2CN(C3(CN)CC3)C2)ccc2c1CBCC2. The summed E-state index contributed by atoms with van der Waals surface area (Å²) in [6, 6.07) is 4.83. The van der Waals surface area contributed by atoms with Gasteiger partial charge in [0.1, 0.15) is 7.28 Å². The molecule has 1 aromatic carbocycles. The predicted octanol–water partition coefficient (Wildman–Crippen LogP) is 1.87. The maximum absolute atomic E-state index is 5.94. The second kappa shape index (κ2) is 5.14. The minimum atomic E-state index is 0.418. The Labute approximate surface area is 129 Å². The van der Waals surface area contributed by atoms with Crippen LogP contribution in [0.25, 0.3) is 0 Å². The van der Waals surface area contributed by atoms with Crippen molar-refractivity contribution in [1.29, 1.82) is 0 Å². The lowest BCUT2D eigenvalue weighted by Gasteiger charge is -2.45. The molecule has 0 radical (unpaired) electrons. The number of aryl methyl sites for hydroxylation is 1. The Morgan fingerprint density at radius 3 is 2.86 bits per heavy atom. The van der Waals surface area contributed by atoms with Crippen molar-refractivity contribution >= 4 is 7.28 Å². The predicted molar refractivity (Wildman–Crippen MR) is 90.3 cm³/mol. The molecule has 0 amide bonds. The number of rotatable bonds is 4. The largest absolute Gasteiger partial charge is 0.329 e. The van der Waals surface area contributed by atoms with Crippen LogP contribution in [0.4, 0.5) is 0 Å². The summed E-state index contributed by atoms with van der Waals surface area (Å²) in [5, 5.41) is 0. The molecule has 21 heavy (non-hydrogen) atoms. The Morgan fingerprint density at radius 1 is 1.33 bits per heavy atom. The van der Waals surface area contributed by atoms with Gasteiger partial charge in [0.25, 0.3) is 0 Å². The number of likely N-dealkylation sites (tertiary alicyclic amines) is 1. The molecular weight excluding hydrogens is 255 g/mol. The van der Waals surface area contributed by atoms with Crippen molar-refractivity contribution in [2.24, 2.45) is 11.7 Å². The van der Waals surface area contributed by atoms with Gasteiger partial charge >= 0.3 is 0 Å². The Hall–Kier alpha value is -0.795. The number of fused-ring (bicyclic) bond motifs is 1. The standard InChI is InChI=1S/C18H27BN2/c1-13-16(3-2-15-4-7-19-9-17(13)15)8-14-10-21(11-14)18(12-20)5-6-18/h2-3,14,19H,4-12,20H2,1H3. The molecule has 0 bridgehead atoms. The molecule has 0 atom stereocenters. The van der Waals surface area contributed by atoms with Crippen LogP contribution in [0.2, 0.25) is 6.32 Å². The molecule has 2 aliphatic heterocycles. The molecule has 0 spiro atoms. The van der Waals surface area contributed by atoms with Crippen LogP contribution >= 0.6 is 0 Å². The van der Waals surface area contributed by atoms with E-state index in [1.165, 1.54) is 58.7 Å². The maximum atomic E-state index is 5.94. The van der Waals surface area contributed by atoms with Gasteiger partial charge in [-0.1, -0.05) is 24.8 Å². The van der Waals surface area contributed by atoms with E-state index in [1.807, 2.05) is 0 Å². The third-order valence-electron chi connectivity index (χ3n) is 6.27. The number of hydrogen-bond acceptors (Lipinski definition) is 2. The van der Waals surface area contributed by atoms with Gasteiger partial charge in [-0.3, -0.25) is 4.90 Å². The van der Waals surface area contributed by atoms with E-state index in [0.29, 0.717) is 5.54 Å². The Kier molecular flexibility index (Phi) is 3.38. The minimum absolute atomic E-state index is 0.418. The highest BCUT2D eigenvalue weighted by atomic mass is 15.3. The summed E-state index contributed by atoms with van der Waals surface area (Å²) in [5.41, 5.74) is 12.9. The summed E-state index contributed by atoms with van der Waals surface area (Å²) in [5.74, 6) is 0.856. The van der Waals surface area contributed by atoms with Gasteiger partial charge in [0.2, 0.25) is 0 Å². The van der Waals surface area contributed by atoms with Crippen LogP contribution < -0.4 is 5.73 Å². The molecule has 3 aliphatic rings. The molecule has 4 rings (SSSR count). The summed E-state index contributed by atoms with van der Waals surface area (Å²) >= 11 is 0. The first-order valence-electron chi connectivity index (χ1n) is 8.77. The van der Waals surface area contributed by atoms with E-state index in [1.54, 1.807) is 22.3 Å². The van der Waals surface area contributed by atoms with E-state index in [9.17, 15) is 0 Å². The summed E-state index contributed by atoms with van der Waals surface area (Å²) in [6.45, 7) is 5.76. The van der Waals surface area contributed by atoms with Gasteiger partial charge in [0, 0.05) is 25.2 Å². The molecule has 0 aromatic heterocycles.